The molecule has 1 heterocycles. The highest BCUT2D eigenvalue weighted by atomic mass is 35.5. The standard InChI is InChI=1S/C19H19Cl2N3O2/c20-15-5-8-18(17(21)11-15)26-13-19(25)23-22-12-14-3-6-16(7-4-14)24-9-1-2-10-24/h3-8,11-12H,1-2,9-10,13H2,(H,23,25). The number of carbonyl (C=O) groups is 1. The average molecular weight is 392 g/mol. The van der Waals surface area contributed by atoms with Gasteiger partial charge in [0, 0.05) is 23.8 Å². The molecule has 1 fully saturated rings. The summed E-state index contributed by atoms with van der Waals surface area (Å²) in [6, 6.07) is 12.9. The summed E-state index contributed by atoms with van der Waals surface area (Å²) in [5.74, 6) is 0.0219. The third kappa shape index (κ3) is 5.13. The Labute approximate surface area is 162 Å². The van der Waals surface area contributed by atoms with Gasteiger partial charge in [-0.1, -0.05) is 35.3 Å². The molecule has 26 heavy (non-hydrogen) atoms. The number of nitrogens with zero attached hydrogens (tertiary/aromatic N) is 2. The topological polar surface area (TPSA) is 53.9 Å². The zero-order chi connectivity index (χ0) is 18.4. The quantitative estimate of drug-likeness (QED) is 0.594. The fourth-order valence-electron chi connectivity index (χ4n) is 2.69. The number of hydrazone groups is 1. The number of amides is 1. The molecule has 7 heteroatoms. The molecule has 0 atom stereocenters. The van der Waals surface area contributed by atoms with Crippen LogP contribution >= 0.6 is 23.2 Å². The molecule has 5 nitrogen and oxygen atoms in total. The molecule has 136 valence electrons. The van der Waals surface area contributed by atoms with Crippen molar-refractivity contribution in [1.29, 1.82) is 0 Å². The summed E-state index contributed by atoms with van der Waals surface area (Å²) < 4.78 is 5.35. The summed E-state index contributed by atoms with van der Waals surface area (Å²) in [5, 5.41) is 4.81. The molecule has 0 aliphatic carbocycles. The van der Waals surface area contributed by atoms with Gasteiger partial charge in [-0.15, -0.1) is 0 Å². The van der Waals surface area contributed by atoms with Crippen LogP contribution in [0.5, 0.6) is 5.75 Å². The van der Waals surface area contributed by atoms with Gasteiger partial charge in [-0.25, -0.2) is 5.43 Å². The smallest absolute Gasteiger partial charge is 0.277 e. The zero-order valence-electron chi connectivity index (χ0n) is 14.1. The van der Waals surface area contributed by atoms with Gasteiger partial charge in [0.15, 0.2) is 6.61 Å². The Kier molecular flexibility index (Phi) is 6.36. The maximum Gasteiger partial charge on any atom is 0.277 e. The third-order valence-electron chi connectivity index (χ3n) is 4.02. The van der Waals surface area contributed by atoms with Gasteiger partial charge in [-0.3, -0.25) is 4.79 Å². The fraction of sp³-hybridized carbons (Fsp3) is 0.263. The van der Waals surface area contributed by atoms with Crippen LogP contribution in [0.3, 0.4) is 0 Å². The van der Waals surface area contributed by atoms with E-state index in [1.807, 2.05) is 12.1 Å². The highest BCUT2D eigenvalue weighted by Gasteiger charge is 2.11. The van der Waals surface area contributed by atoms with E-state index in [9.17, 15) is 4.79 Å². The van der Waals surface area contributed by atoms with Crippen molar-refractivity contribution in [3.05, 3.63) is 58.1 Å². The lowest BCUT2D eigenvalue weighted by molar-refractivity contribution is -0.123. The van der Waals surface area contributed by atoms with Crippen LogP contribution in [0.4, 0.5) is 5.69 Å². The molecule has 2 aromatic carbocycles. The Morgan fingerprint density at radius 2 is 1.88 bits per heavy atom. The van der Waals surface area contributed by atoms with Gasteiger partial charge in [0.05, 0.1) is 11.2 Å². The first-order valence-corrected chi connectivity index (χ1v) is 9.12. The van der Waals surface area contributed by atoms with Crippen LogP contribution in [0.25, 0.3) is 0 Å². The van der Waals surface area contributed by atoms with Gasteiger partial charge in [-0.2, -0.15) is 5.10 Å². The summed E-state index contributed by atoms with van der Waals surface area (Å²) in [4.78, 5) is 14.2. The van der Waals surface area contributed by atoms with Crippen molar-refractivity contribution in [3.63, 3.8) is 0 Å². The molecule has 0 spiro atoms. The largest absolute Gasteiger partial charge is 0.482 e. The normalized spacial score (nSPS) is 14.0. The maximum absolute atomic E-state index is 11.8. The fourth-order valence-corrected chi connectivity index (χ4v) is 3.16. The first-order valence-electron chi connectivity index (χ1n) is 8.36. The summed E-state index contributed by atoms with van der Waals surface area (Å²) >= 11 is 11.8. The van der Waals surface area contributed by atoms with Crippen molar-refractivity contribution in [2.24, 2.45) is 5.10 Å². The molecule has 1 aliphatic rings. The van der Waals surface area contributed by atoms with Crippen LogP contribution in [0, 0.1) is 0 Å². The van der Waals surface area contributed by atoms with E-state index in [0.29, 0.717) is 15.8 Å². The lowest BCUT2D eigenvalue weighted by Gasteiger charge is -2.17. The monoisotopic (exact) mass is 391 g/mol. The van der Waals surface area contributed by atoms with Crippen LogP contribution < -0.4 is 15.1 Å². The van der Waals surface area contributed by atoms with Crippen LogP contribution in [-0.2, 0) is 4.79 Å². The third-order valence-corrected chi connectivity index (χ3v) is 4.55. The maximum atomic E-state index is 11.8. The Morgan fingerprint density at radius 1 is 1.15 bits per heavy atom. The van der Waals surface area contributed by atoms with Gasteiger partial charge in [0.2, 0.25) is 0 Å². The Hall–Kier alpha value is -2.24. The lowest BCUT2D eigenvalue weighted by atomic mass is 10.2. The summed E-state index contributed by atoms with van der Waals surface area (Å²) in [6.45, 7) is 2.04. The highest BCUT2D eigenvalue weighted by Crippen LogP contribution is 2.27. The Balaban J connectivity index is 1.46. The van der Waals surface area contributed by atoms with E-state index in [4.69, 9.17) is 27.9 Å². The van der Waals surface area contributed by atoms with Gasteiger partial charge in [0.25, 0.3) is 5.91 Å². The van der Waals surface area contributed by atoms with E-state index >= 15 is 0 Å². The molecule has 3 rings (SSSR count). The van der Waals surface area contributed by atoms with Crippen molar-refractivity contribution >= 4 is 41.0 Å². The average Bonchev–Trinajstić information content (AvgIpc) is 3.16. The first kappa shape index (κ1) is 18.5. The molecule has 1 aliphatic heterocycles. The minimum atomic E-state index is -0.374. The summed E-state index contributed by atoms with van der Waals surface area (Å²) in [7, 11) is 0. The number of hydrogen-bond donors (Lipinski definition) is 1. The molecule has 0 saturated carbocycles. The number of carbonyl (C=O) groups excluding carboxylic acids is 1. The van der Waals surface area contributed by atoms with Gasteiger partial charge in [0.1, 0.15) is 5.75 Å². The molecule has 0 radical (unpaired) electrons. The molecular weight excluding hydrogens is 373 g/mol. The molecule has 2 aromatic rings. The van der Waals surface area contributed by atoms with E-state index in [-0.39, 0.29) is 12.5 Å². The van der Waals surface area contributed by atoms with Crippen LogP contribution in [-0.4, -0.2) is 31.8 Å². The second kappa shape index (κ2) is 8.92. The van der Waals surface area contributed by atoms with Crippen LogP contribution in [0.1, 0.15) is 18.4 Å². The van der Waals surface area contributed by atoms with Crippen molar-refractivity contribution in [3.8, 4) is 5.75 Å². The summed E-state index contributed by atoms with van der Waals surface area (Å²) in [6.07, 6.45) is 4.10. The SMILES string of the molecule is O=C(COc1ccc(Cl)cc1Cl)NN=Cc1ccc(N2CCCC2)cc1. The number of hydrogen-bond acceptors (Lipinski definition) is 4. The second-order valence-corrected chi connectivity index (χ2v) is 6.79. The van der Waals surface area contributed by atoms with E-state index in [1.165, 1.54) is 18.5 Å². The number of nitrogens with one attached hydrogen (secondary N) is 1. The van der Waals surface area contributed by atoms with Crippen molar-refractivity contribution in [1.82, 2.24) is 5.43 Å². The minimum absolute atomic E-state index is 0.188. The van der Waals surface area contributed by atoms with Gasteiger partial charge >= 0.3 is 0 Å². The predicted molar refractivity (Wildman–Crippen MR) is 106 cm³/mol. The van der Waals surface area contributed by atoms with Gasteiger partial charge < -0.3 is 9.64 Å². The minimum Gasteiger partial charge on any atom is -0.482 e. The Bertz CT molecular complexity index is 788. The predicted octanol–water partition coefficient (Wildman–Crippen LogP) is 4.12. The van der Waals surface area contributed by atoms with Gasteiger partial charge in [-0.05, 0) is 48.7 Å². The molecule has 0 aromatic heterocycles. The van der Waals surface area contributed by atoms with Crippen LogP contribution in [0.15, 0.2) is 47.6 Å². The molecule has 1 saturated heterocycles. The van der Waals surface area contributed by atoms with Crippen molar-refractivity contribution in [2.45, 2.75) is 12.8 Å². The van der Waals surface area contributed by atoms with E-state index in [2.05, 4.69) is 27.6 Å². The van der Waals surface area contributed by atoms with E-state index in [0.717, 1.165) is 18.7 Å². The van der Waals surface area contributed by atoms with E-state index < -0.39 is 0 Å². The Morgan fingerprint density at radius 3 is 2.58 bits per heavy atom. The lowest BCUT2D eigenvalue weighted by Crippen LogP contribution is -2.24. The number of ether oxygens (including phenoxy) is 1. The number of benzene rings is 2. The van der Waals surface area contributed by atoms with Crippen molar-refractivity contribution < 1.29 is 9.53 Å². The molecular formula is C19H19Cl2N3O2. The number of halogens is 2. The molecule has 1 amide bonds. The molecule has 0 bridgehead atoms. The van der Waals surface area contributed by atoms with E-state index in [1.54, 1.807) is 24.4 Å². The second-order valence-electron chi connectivity index (χ2n) is 5.94. The summed E-state index contributed by atoms with van der Waals surface area (Å²) in [5.41, 5.74) is 4.56. The highest BCUT2D eigenvalue weighted by molar-refractivity contribution is 6.35. The molecule has 1 N–H and O–H groups in total. The first-order chi connectivity index (χ1) is 12.6. The zero-order valence-corrected chi connectivity index (χ0v) is 15.6. The van der Waals surface area contributed by atoms with Crippen LogP contribution in [0.2, 0.25) is 10.0 Å². The number of anilines is 1. The molecule has 0 unspecified atom stereocenters. The van der Waals surface area contributed by atoms with Crippen molar-refractivity contribution in [2.75, 3.05) is 24.6 Å². The number of rotatable bonds is 6.